The molecule has 0 spiro atoms. The number of rotatable bonds is 19. The van der Waals surface area contributed by atoms with Crippen molar-refractivity contribution in [2.45, 2.75) is 47.0 Å². The fraction of sp³-hybridized carbons (Fsp3) is 1.00. The molecular formula is C19H42O3P2. The lowest BCUT2D eigenvalue weighted by molar-refractivity contribution is 0.160. The van der Waals surface area contributed by atoms with E-state index in [1.807, 2.05) is 0 Å². The van der Waals surface area contributed by atoms with Crippen LogP contribution in [-0.4, -0.2) is 76.6 Å². The van der Waals surface area contributed by atoms with Crippen LogP contribution in [0.3, 0.4) is 0 Å². The van der Waals surface area contributed by atoms with Gasteiger partial charge in [-0.2, -0.15) is 0 Å². The van der Waals surface area contributed by atoms with Gasteiger partial charge in [0.25, 0.3) is 0 Å². The molecule has 0 aromatic rings. The quantitative estimate of drug-likeness (QED) is 0.226. The van der Waals surface area contributed by atoms with Gasteiger partial charge in [0.1, 0.15) is 0 Å². The Balaban J connectivity index is 4.21. The standard InChI is InChI=1S/C19H42O3P2/c1-5-9-10-14-23(15-11-20-6-2)18-19-24(16-12-21-7-3)17-13-22-8-4/h5-19H2,1-4H3. The number of unbranched alkanes of at least 4 members (excludes halogenated alkanes) is 2. The number of hydrogen-bond donors (Lipinski definition) is 0. The van der Waals surface area contributed by atoms with Crippen molar-refractivity contribution in [2.75, 3.05) is 76.6 Å². The van der Waals surface area contributed by atoms with E-state index in [0.29, 0.717) is 0 Å². The largest absolute Gasteiger partial charge is 0.381 e. The van der Waals surface area contributed by atoms with Crippen molar-refractivity contribution in [3.63, 3.8) is 0 Å². The summed E-state index contributed by atoms with van der Waals surface area (Å²) in [4.78, 5) is 0. The van der Waals surface area contributed by atoms with E-state index in [0.717, 1.165) is 39.6 Å². The van der Waals surface area contributed by atoms with Crippen LogP contribution >= 0.6 is 15.8 Å². The molecule has 24 heavy (non-hydrogen) atoms. The minimum absolute atomic E-state index is 0.0718. The zero-order chi connectivity index (χ0) is 17.9. The molecule has 0 saturated heterocycles. The average molecular weight is 380 g/mol. The third kappa shape index (κ3) is 16.2. The second-order valence-corrected chi connectivity index (χ2v) is 11.3. The SMILES string of the molecule is CCCCCP(CCOCC)CCP(CCOCC)CCOCC. The summed E-state index contributed by atoms with van der Waals surface area (Å²) in [6, 6.07) is 0. The molecule has 0 fully saturated rings. The van der Waals surface area contributed by atoms with E-state index in [-0.39, 0.29) is 15.8 Å². The molecule has 0 aliphatic rings. The molecule has 0 amide bonds. The Morgan fingerprint density at radius 2 is 0.917 bits per heavy atom. The van der Waals surface area contributed by atoms with Crippen LogP contribution < -0.4 is 0 Å². The predicted octanol–water partition coefficient (Wildman–Crippen LogP) is 5.25. The van der Waals surface area contributed by atoms with Gasteiger partial charge in [0.05, 0.1) is 19.8 Å². The van der Waals surface area contributed by atoms with E-state index in [2.05, 4.69) is 27.7 Å². The van der Waals surface area contributed by atoms with Crippen LogP contribution in [0.2, 0.25) is 0 Å². The number of hydrogen-bond acceptors (Lipinski definition) is 3. The van der Waals surface area contributed by atoms with Crippen LogP contribution in [0.25, 0.3) is 0 Å². The highest BCUT2D eigenvalue weighted by molar-refractivity contribution is 7.61. The summed E-state index contributed by atoms with van der Waals surface area (Å²) < 4.78 is 16.8. The van der Waals surface area contributed by atoms with Crippen molar-refractivity contribution in [1.29, 1.82) is 0 Å². The van der Waals surface area contributed by atoms with E-state index in [1.54, 1.807) is 0 Å². The Morgan fingerprint density at radius 3 is 1.29 bits per heavy atom. The maximum absolute atomic E-state index is 5.62. The fourth-order valence-electron chi connectivity index (χ4n) is 2.55. The predicted molar refractivity (Wildman–Crippen MR) is 112 cm³/mol. The molecule has 0 aromatic heterocycles. The summed E-state index contributed by atoms with van der Waals surface area (Å²) in [5.41, 5.74) is 0. The lowest BCUT2D eigenvalue weighted by atomic mass is 10.3. The summed E-state index contributed by atoms with van der Waals surface area (Å²) in [6.07, 6.45) is 12.2. The first kappa shape index (κ1) is 24.7. The molecule has 0 rings (SSSR count). The molecule has 146 valence electrons. The molecule has 1 atom stereocenters. The van der Waals surface area contributed by atoms with Crippen molar-refractivity contribution >= 4 is 15.8 Å². The highest BCUT2D eigenvalue weighted by atomic mass is 31.1. The van der Waals surface area contributed by atoms with Crippen LogP contribution in [0.15, 0.2) is 0 Å². The highest BCUT2D eigenvalue weighted by Gasteiger charge is 2.13. The maximum atomic E-state index is 5.62. The summed E-state index contributed by atoms with van der Waals surface area (Å²) >= 11 is 0. The molecular weight excluding hydrogens is 338 g/mol. The first-order chi connectivity index (χ1) is 11.8. The van der Waals surface area contributed by atoms with Gasteiger partial charge in [0.15, 0.2) is 0 Å². The van der Waals surface area contributed by atoms with Crippen LogP contribution in [0.4, 0.5) is 0 Å². The Kier molecular flexibility index (Phi) is 20.7. The number of ether oxygens (including phenoxy) is 3. The Hall–Kier alpha value is 0.740. The van der Waals surface area contributed by atoms with Gasteiger partial charge in [0, 0.05) is 19.8 Å². The van der Waals surface area contributed by atoms with Crippen molar-refractivity contribution in [2.24, 2.45) is 0 Å². The summed E-state index contributed by atoms with van der Waals surface area (Å²) in [6.45, 7) is 13.9. The fourth-order valence-corrected chi connectivity index (χ4v) is 7.99. The third-order valence-corrected chi connectivity index (χ3v) is 9.54. The summed E-state index contributed by atoms with van der Waals surface area (Å²) in [5, 5.41) is 0. The second-order valence-electron chi connectivity index (χ2n) is 5.98. The molecule has 0 radical (unpaired) electrons. The van der Waals surface area contributed by atoms with Crippen molar-refractivity contribution in [1.82, 2.24) is 0 Å². The van der Waals surface area contributed by atoms with E-state index < -0.39 is 0 Å². The molecule has 1 unspecified atom stereocenters. The van der Waals surface area contributed by atoms with Gasteiger partial charge in [-0.05, 0) is 64.2 Å². The molecule has 5 heteroatoms. The normalized spacial score (nSPS) is 12.9. The van der Waals surface area contributed by atoms with Gasteiger partial charge in [-0.25, -0.2) is 0 Å². The molecule has 0 bridgehead atoms. The molecule has 0 aliphatic heterocycles. The molecule has 0 heterocycles. The van der Waals surface area contributed by atoms with Gasteiger partial charge < -0.3 is 14.2 Å². The minimum atomic E-state index is 0.0718. The lowest BCUT2D eigenvalue weighted by Crippen LogP contribution is -2.10. The van der Waals surface area contributed by atoms with Crippen LogP contribution in [0, 0.1) is 0 Å². The van der Waals surface area contributed by atoms with Crippen LogP contribution in [-0.2, 0) is 14.2 Å². The van der Waals surface area contributed by atoms with Gasteiger partial charge in [-0.15, -0.1) is 15.8 Å². The van der Waals surface area contributed by atoms with E-state index in [9.17, 15) is 0 Å². The van der Waals surface area contributed by atoms with Gasteiger partial charge in [-0.3, -0.25) is 0 Å². The Bertz CT molecular complexity index is 199. The average Bonchev–Trinajstić information content (AvgIpc) is 2.59. The Morgan fingerprint density at radius 1 is 0.500 bits per heavy atom. The van der Waals surface area contributed by atoms with Crippen molar-refractivity contribution < 1.29 is 14.2 Å². The molecule has 0 saturated carbocycles. The highest BCUT2D eigenvalue weighted by Crippen LogP contribution is 2.43. The first-order valence-electron chi connectivity index (χ1n) is 9.96. The van der Waals surface area contributed by atoms with Gasteiger partial charge in [0.2, 0.25) is 0 Å². The summed E-state index contributed by atoms with van der Waals surface area (Å²) in [5.74, 6) is 0. The van der Waals surface area contributed by atoms with Gasteiger partial charge >= 0.3 is 0 Å². The van der Waals surface area contributed by atoms with Crippen molar-refractivity contribution in [3.05, 3.63) is 0 Å². The van der Waals surface area contributed by atoms with Crippen LogP contribution in [0.5, 0.6) is 0 Å². The zero-order valence-corrected chi connectivity index (χ0v) is 18.5. The van der Waals surface area contributed by atoms with Crippen LogP contribution in [0.1, 0.15) is 47.0 Å². The maximum Gasteiger partial charge on any atom is 0.0505 e. The van der Waals surface area contributed by atoms with Gasteiger partial charge in [-0.1, -0.05) is 19.8 Å². The molecule has 0 aromatic carbocycles. The topological polar surface area (TPSA) is 27.7 Å². The molecule has 0 aliphatic carbocycles. The monoisotopic (exact) mass is 380 g/mol. The molecule has 0 N–H and O–H groups in total. The van der Waals surface area contributed by atoms with Crippen molar-refractivity contribution in [3.8, 4) is 0 Å². The smallest absolute Gasteiger partial charge is 0.0505 e. The second kappa shape index (κ2) is 20.1. The zero-order valence-electron chi connectivity index (χ0n) is 16.7. The van der Waals surface area contributed by atoms with E-state index in [4.69, 9.17) is 14.2 Å². The summed E-state index contributed by atoms with van der Waals surface area (Å²) in [7, 11) is 0.228. The minimum Gasteiger partial charge on any atom is -0.381 e. The first-order valence-corrected chi connectivity index (χ1v) is 13.8. The lowest BCUT2D eigenvalue weighted by Gasteiger charge is -2.23. The Labute approximate surface area is 154 Å². The molecule has 3 nitrogen and oxygen atoms in total. The third-order valence-electron chi connectivity index (χ3n) is 4.08. The van der Waals surface area contributed by atoms with E-state index in [1.165, 1.54) is 56.2 Å². The van der Waals surface area contributed by atoms with E-state index >= 15 is 0 Å².